The number of nitrogens with zero attached hydrogens (tertiary/aromatic N) is 3. The van der Waals surface area contributed by atoms with Crippen LogP contribution in [-0.2, 0) is 5.41 Å². The van der Waals surface area contributed by atoms with Gasteiger partial charge in [-0.2, -0.15) is 5.10 Å². The van der Waals surface area contributed by atoms with Crippen LogP contribution in [-0.4, -0.2) is 58.6 Å². The second-order valence-corrected chi connectivity index (χ2v) is 7.48. The molecule has 2 aliphatic heterocycles. The van der Waals surface area contributed by atoms with Gasteiger partial charge in [0.05, 0.1) is 0 Å². The molecule has 0 spiro atoms. The number of aromatic nitrogens is 2. The minimum Gasteiger partial charge on any atom is -0.337 e. The van der Waals surface area contributed by atoms with Crippen molar-refractivity contribution in [3.8, 4) is 0 Å². The Morgan fingerprint density at radius 1 is 1.32 bits per heavy atom. The molecule has 2 aliphatic rings. The molecule has 4 rings (SSSR count). The van der Waals surface area contributed by atoms with Crippen molar-refractivity contribution in [3.63, 3.8) is 0 Å². The van der Waals surface area contributed by atoms with E-state index in [1.807, 2.05) is 17.9 Å². The highest BCUT2D eigenvalue weighted by atomic mass is 16.2. The predicted molar refractivity (Wildman–Crippen MR) is 97.6 cm³/mol. The number of nitrogens with one attached hydrogen (secondary N) is 1. The molecule has 1 aromatic heterocycles. The first-order valence-corrected chi connectivity index (χ1v) is 9.21. The van der Waals surface area contributed by atoms with Crippen LogP contribution in [0.1, 0.15) is 35.1 Å². The molecule has 2 aromatic rings. The van der Waals surface area contributed by atoms with Crippen molar-refractivity contribution in [1.29, 1.82) is 0 Å². The summed E-state index contributed by atoms with van der Waals surface area (Å²) in [7, 11) is 0. The summed E-state index contributed by atoms with van der Waals surface area (Å²) in [5.41, 5.74) is 3.07. The summed E-state index contributed by atoms with van der Waals surface area (Å²) in [6, 6.07) is 12.7. The maximum atomic E-state index is 12.8. The molecular weight excluding hydrogens is 312 g/mol. The Morgan fingerprint density at radius 3 is 2.80 bits per heavy atom. The van der Waals surface area contributed by atoms with Crippen molar-refractivity contribution in [2.24, 2.45) is 5.92 Å². The van der Waals surface area contributed by atoms with E-state index in [2.05, 4.69) is 52.4 Å². The molecule has 2 unspecified atom stereocenters. The Kier molecular flexibility index (Phi) is 4.12. The third kappa shape index (κ3) is 2.76. The van der Waals surface area contributed by atoms with E-state index in [1.165, 1.54) is 5.56 Å². The molecule has 2 fully saturated rings. The van der Waals surface area contributed by atoms with Gasteiger partial charge in [-0.05, 0) is 31.5 Å². The molecule has 0 aliphatic carbocycles. The zero-order valence-corrected chi connectivity index (χ0v) is 15.0. The number of likely N-dealkylation sites (N-methyl/N-ethyl adjacent to an activating group) is 1. The highest BCUT2D eigenvalue weighted by molar-refractivity contribution is 5.92. The van der Waals surface area contributed by atoms with E-state index in [0.29, 0.717) is 11.6 Å². The lowest BCUT2D eigenvalue weighted by Crippen LogP contribution is -2.51. The first-order chi connectivity index (χ1) is 12.1. The van der Waals surface area contributed by atoms with E-state index in [-0.39, 0.29) is 11.3 Å². The second kappa shape index (κ2) is 6.30. The number of aryl methyl sites for hydroxylation is 1. The maximum absolute atomic E-state index is 12.8. The molecule has 2 saturated heterocycles. The average Bonchev–Trinajstić information content (AvgIpc) is 3.25. The fourth-order valence-electron chi connectivity index (χ4n) is 4.64. The number of carbonyl (C=O) groups is 1. The smallest absolute Gasteiger partial charge is 0.274 e. The average molecular weight is 338 g/mol. The lowest BCUT2D eigenvalue weighted by atomic mass is 9.68. The van der Waals surface area contributed by atoms with Gasteiger partial charge in [0.15, 0.2) is 0 Å². The molecular formula is C20H26N4O. The molecule has 1 amide bonds. The summed E-state index contributed by atoms with van der Waals surface area (Å²) >= 11 is 0. The van der Waals surface area contributed by atoms with Gasteiger partial charge < -0.3 is 9.80 Å². The minimum absolute atomic E-state index is 0.0564. The Hall–Kier alpha value is -2.14. The summed E-state index contributed by atoms with van der Waals surface area (Å²) in [6.07, 6.45) is 1.02. The van der Waals surface area contributed by atoms with E-state index in [9.17, 15) is 4.79 Å². The van der Waals surface area contributed by atoms with Gasteiger partial charge in [-0.1, -0.05) is 37.3 Å². The van der Waals surface area contributed by atoms with E-state index in [0.717, 1.165) is 44.8 Å². The van der Waals surface area contributed by atoms with Crippen LogP contribution >= 0.6 is 0 Å². The Bertz CT molecular complexity index is 756. The first-order valence-electron chi connectivity index (χ1n) is 9.21. The summed E-state index contributed by atoms with van der Waals surface area (Å²) in [5.74, 6) is 0.536. The molecule has 1 N–H and O–H groups in total. The van der Waals surface area contributed by atoms with Crippen LogP contribution in [0.2, 0.25) is 0 Å². The summed E-state index contributed by atoms with van der Waals surface area (Å²) in [5, 5.41) is 7.04. The molecule has 5 heteroatoms. The van der Waals surface area contributed by atoms with Crippen LogP contribution in [0, 0.1) is 12.8 Å². The second-order valence-electron chi connectivity index (χ2n) is 7.48. The van der Waals surface area contributed by atoms with Crippen LogP contribution in [0.5, 0.6) is 0 Å². The van der Waals surface area contributed by atoms with Gasteiger partial charge in [0.2, 0.25) is 0 Å². The number of piperidine rings is 1. The molecule has 132 valence electrons. The minimum atomic E-state index is 0.0564. The van der Waals surface area contributed by atoms with Gasteiger partial charge in [0, 0.05) is 43.2 Å². The number of rotatable bonds is 3. The summed E-state index contributed by atoms with van der Waals surface area (Å²) in [6.45, 7) is 9.00. The lowest BCUT2D eigenvalue weighted by Gasteiger charge is -2.44. The Morgan fingerprint density at radius 2 is 2.12 bits per heavy atom. The number of hydrogen-bond donors (Lipinski definition) is 1. The van der Waals surface area contributed by atoms with Crippen molar-refractivity contribution in [2.45, 2.75) is 25.7 Å². The fourth-order valence-corrected chi connectivity index (χ4v) is 4.64. The predicted octanol–water partition coefficient (Wildman–Crippen LogP) is 2.45. The molecule has 0 radical (unpaired) electrons. The Balaban J connectivity index is 1.60. The molecule has 0 bridgehead atoms. The van der Waals surface area contributed by atoms with Crippen LogP contribution in [0.15, 0.2) is 36.4 Å². The highest BCUT2D eigenvalue weighted by Crippen LogP contribution is 2.45. The number of carbonyl (C=O) groups excluding carboxylic acids is 1. The van der Waals surface area contributed by atoms with Crippen molar-refractivity contribution in [2.75, 3.05) is 32.7 Å². The molecule has 2 atom stereocenters. The SMILES string of the molecule is CCN1CC2CN(C(=O)c3cc(C)[nH]n3)CCC2(c2ccccc2)C1. The van der Waals surface area contributed by atoms with Crippen LogP contribution < -0.4 is 0 Å². The molecule has 5 nitrogen and oxygen atoms in total. The standard InChI is InChI=1S/C20H26N4O/c1-3-23-12-17-13-24(19(25)18-11-15(2)21-22-18)10-9-20(17,14-23)16-7-5-4-6-8-16/h4-8,11,17H,3,9-10,12-14H2,1-2H3,(H,21,22). The van der Waals surface area contributed by atoms with E-state index >= 15 is 0 Å². The van der Waals surface area contributed by atoms with Crippen molar-refractivity contribution in [1.82, 2.24) is 20.0 Å². The van der Waals surface area contributed by atoms with Gasteiger partial charge in [-0.3, -0.25) is 9.89 Å². The van der Waals surface area contributed by atoms with E-state index in [1.54, 1.807) is 0 Å². The number of amides is 1. The largest absolute Gasteiger partial charge is 0.337 e. The molecule has 1 aromatic carbocycles. The number of likely N-dealkylation sites (tertiary alicyclic amines) is 2. The number of fused-ring (bicyclic) bond motifs is 1. The Labute approximate surface area is 149 Å². The normalized spacial score (nSPS) is 26.6. The molecule has 3 heterocycles. The number of hydrogen-bond acceptors (Lipinski definition) is 3. The number of H-pyrrole nitrogens is 1. The zero-order valence-electron chi connectivity index (χ0n) is 15.0. The molecule has 25 heavy (non-hydrogen) atoms. The van der Waals surface area contributed by atoms with Gasteiger partial charge in [0.25, 0.3) is 5.91 Å². The third-order valence-corrected chi connectivity index (χ3v) is 6.04. The van der Waals surface area contributed by atoms with Crippen molar-refractivity contribution >= 4 is 5.91 Å². The third-order valence-electron chi connectivity index (χ3n) is 6.04. The van der Waals surface area contributed by atoms with Crippen LogP contribution in [0.25, 0.3) is 0 Å². The molecule has 0 saturated carbocycles. The topological polar surface area (TPSA) is 52.2 Å². The van der Waals surface area contributed by atoms with Crippen LogP contribution in [0.3, 0.4) is 0 Å². The maximum Gasteiger partial charge on any atom is 0.274 e. The monoisotopic (exact) mass is 338 g/mol. The number of aromatic amines is 1. The summed E-state index contributed by atoms with van der Waals surface area (Å²) in [4.78, 5) is 17.4. The summed E-state index contributed by atoms with van der Waals surface area (Å²) < 4.78 is 0. The van der Waals surface area contributed by atoms with E-state index < -0.39 is 0 Å². The highest BCUT2D eigenvalue weighted by Gasteiger charge is 2.50. The van der Waals surface area contributed by atoms with Gasteiger partial charge in [0.1, 0.15) is 5.69 Å². The van der Waals surface area contributed by atoms with Gasteiger partial charge in [-0.15, -0.1) is 0 Å². The van der Waals surface area contributed by atoms with E-state index in [4.69, 9.17) is 0 Å². The van der Waals surface area contributed by atoms with Crippen LogP contribution in [0.4, 0.5) is 0 Å². The number of benzene rings is 1. The quantitative estimate of drug-likeness (QED) is 0.935. The van der Waals surface area contributed by atoms with Crippen molar-refractivity contribution < 1.29 is 4.79 Å². The first kappa shape index (κ1) is 16.3. The van der Waals surface area contributed by atoms with Gasteiger partial charge in [-0.25, -0.2) is 0 Å². The lowest BCUT2D eigenvalue weighted by molar-refractivity contribution is 0.0597. The zero-order chi connectivity index (χ0) is 17.4. The van der Waals surface area contributed by atoms with Crippen molar-refractivity contribution in [3.05, 3.63) is 53.3 Å². The fraction of sp³-hybridized carbons (Fsp3) is 0.500. The van der Waals surface area contributed by atoms with Gasteiger partial charge >= 0.3 is 0 Å².